The van der Waals surface area contributed by atoms with E-state index in [-0.39, 0.29) is 0 Å². The lowest BCUT2D eigenvalue weighted by Crippen LogP contribution is -2.25. The van der Waals surface area contributed by atoms with E-state index >= 15 is 0 Å². The Hall–Kier alpha value is -1.87. The van der Waals surface area contributed by atoms with E-state index in [0.29, 0.717) is 11.9 Å². The smallest absolute Gasteiger partial charge is 0.217 e. The van der Waals surface area contributed by atoms with Gasteiger partial charge in [-0.2, -0.15) is 0 Å². The summed E-state index contributed by atoms with van der Waals surface area (Å²) in [6.07, 6.45) is 5.40. The van der Waals surface area contributed by atoms with Crippen LogP contribution in [0.3, 0.4) is 0 Å². The zero-order valence-corrected chi connectivity index (χ0v) is 11.8. The van der Waals surface area contributed by atoms with Crippen LogP contribution in [-0.2, 0) is 13.0 Å². The molecule has 1 aliphatic rings. The fourth-order valence-corrected chi connectivity index (χ4v) is 2.94. The van der Waals surface area contributed by atoms with E-state index < -0.39 is 0 Å². The first kappa shape index (κ1) is 13.1. The quantitative estimate of drug-likeness (QED) is 0.924. The third-order valence-corrected chi connectivity index (χ3v) is 3.95. The Bertz CT molecular complexity index is 583. The van der Waals surface area contributed by atoms with Crippen LogP contribution in [0, 0.1) is 0 Å². The summed E-state index contributed by atoms with van der Waals surface area (Å²) in [5.74, 6) is 0.712. The number of ether oxygens (including phenoxy) is 1. The van der Waals surface area contributed by atoms with E-state index in [9.17, 15) is 0 Å². The molecule has 1 aromatic heterocycles. The number of nitrogens with zero attached hydrogens (tertiary/aromatic N) is 1. The maximum atomic E-state index is 5.30. The number of aryl methyl sites for hydroxylation is 1. The van der Waals surface area contributed by atoms with Gasteiger partial charge in [0.2, 0.25) is 5.88 Å². The molecule has 0 fully saturated rings. The lowest BCUT2D eigenvalue weighted by molar-refractivity contribution is 0.385. The minimum absolute atomic E-state index is 0.435. The highest BCUT2D eigenvalue weighted by Crippen LogP contribution is 2.30. The van der Waals surface area contributed by atoms with Gasteiger partial charge < -0.3 is 10.1 Å². The van der Waals surface area contributed by atoms with Gasteiger partial charge in [0.15, 0.2) is 0 Å². The van der Waals surface area contributed by atoms with Crippen molar-refractivity contribution in [2.75, 3.05) is 7.11 Å². The fraction of sp³-hybridized carbons (Fsp3) is 0.353. The van der Waals surface area contributed by atoms with E-state index in [2.05, 4.69) is 40.6 Å². The Morgan fingerprint density at radius 2 is 2.15 bits per heavy atom. The monoisotopic (exact) mass is 268 g/mol. The van der Waals surface area contributed by atoms with E-state index in [0.717, 1.165) is 12.1 Å². The highest BCUT2D eigenvalue weighted by atomic mass is 16.5. The minimum atomic E-state index is 0.435. The second-order valence-corrected chi connectivity index (χ2v) is 5.20. The molecular formula is C17H20N2O. The Kier molecular flexibility index (Phi) is 3.97. The van der Waals surface area contributed by atoms with Gasteiger partial charge in [0, 0.05) is 24.3 Å². The van der Waals surface area contributed by atoms with Gasteiger partial charge in [-0.1, -0.05) is 30.3 Å². The van der Waals surface area contributed by atoms with Gasteiger partial charge in [0.05, 0.1) is 7.11 Å². The topological polar surface area (TPSA) is 34.1 Å². The molecule has 1 heterocycles. The molecule has 0 bridgehead atoms. The molecule has 3 rings (SSSR count). The minimum Gasteiger partial charge on any atom is -0.481 e. The molecule has 0 saturated carbocycles. The number of aromatic nitrogens is 1. The molecule has 0 aliphatic heterocycles. The molecule has 0 saturated heterocycles. The molecule has 0 amide bonds. The molecule has 3 nitrogen and oxygen atoms in total. The van der Waals surface area contributed by atoms with Gasteiger partial charge in [-0.05, 0) is 36.5 Å². The van der Waals surface area contributed by atoms with Crippen molar-refractivity contribution in [3.05, 3.63) is 59.3 Å². The van der Waals surface area contributed by atoms with Crippen molar-refractivity contribution in [3.63, 3.8) is 0 Å². The van der Waals surface area contributed by atoms with Crippen molar-refractivity contribution in [3.8, 4) is 5.88 Å². The maximum absolute atomic E-state index is 5.30. The average Bonchev–Trinajstić information content (AvgIpc) is 2.53. The summed E-state index contributed by atoms with van der Waals surface area (Å²) in [6.45, 7) is 0.788. The molecular weight excluding hydrogens is 248 g/mol. The summed E-state index contributed by atoms with van der Waals surface area (Å²) >= 11 is 0. The molecule has 1 N–H and O–H groups in total. The maximum Gasteiger partial charge on any atom is 0.217 e. The van der Waals surface area contributed by atoms with E-state index in [1.807, 2.05) is 6.07 Å². The van der Waals surface area contributed by atoms with Gasteiger partial charge in [-0.15, -0.1) is 0 Å². The van der Waals surface area contributed by atoms with Gasteiger partial charge in [0.25, 0.3) is 0 Å². The third-order valence-electron chi connectivity index (χ3n) is 3.95. The zero-order chi connectivity index (χ0) is 13.8. The largest absolute Gasteiger partial charge is 0.481 e. The first-order valence-corrected chi connectivity index (χ1v) is 7.17. The molecule has 0 spiro atoms. The molecule has 1 aliphatic carbocycles. The molecule has 104 valence electrons. The Morgan fingerprint density at radius 3 is 3.05 bits per heavy atom. The van der Waals surface area contributed by atoms with Crippen LogP contribution < -0.4 is 10.1 Å². The van der Waals surface area contributed by atoms with Crippen LogP contribution in [0.5, 0.6) is 5.88 Å². The van der Waals surface area contributed by atoms with Crippen LogP contribution in [0.25, 0.3) is 0 Å². The summed E-state index contributed by atoms with van der Waals surface area (Å²) in [6, 6.07) is 13.2. The molecule has 3 heteroatoms. The van der Waals surface area contributed by atoms with Crippen LogP contribution in [-0.4, -0.2) is 12.1 Å². The van der Waals surface area contributed by atoms with Crippen LogP contribution in [0.2, 0.25) is 0 Å². The van der Waals surface area contributed by atoms with Crippen LogP contribution >= 0.6 is 0 Å². The highest BCUT2D eigenvalue weighted by Gasteiger charge is 2.19. The Labute approximate surface area is 120 Å². The SMILES string of the molecule is COc1ncccc1CNC1CCCc2ccccc21. The molecule has 2 aromatic rings. The number of benzene rings is 1. The van der Waals surface area contributed by atoms with E-state index in [1.54, 1.807) is 13.3 Å². The number of pyridine rings is 1. The molecule has 0 radical (unpaired) electrons. The lowest BCUT2D eigenvalue weighted by atomic mass is 9.87. The standard InChI is InChI=1S/C17H20N2O/c1-20-17-14(8-5-11-18-17)12-19-16-10-4-7-13-6-2-3-9-15(13)16/h2-3,5-6,8-9,11,16,19H,4,7,10,12H2,1H3. The number of methoxy groups -OCH3 is 1. The van der Waals surface area contributed by atoms with Gasteiger partial charge in [-0.25, -0.2) is 4.98 Å². The summed E-state index contributed by atoms with van der Waals surface area (Å²) in [7, 11) is 1.67. The number of fused-ring (bicyclic) bond motifs is 1. The van der Waals surface area contributed by atoms with Gasteiger partial charge in [-0.3, -0.25) is 0 Å². The number of rotatable bonds is 4. The summed E-state index contributed by atoms with van der Waals surface area (Å²) < 4.78 is 5.30. The predicted molar refractivity (Wildman–Crippen MR) is 79.7 cm³/mol. The molecule has 1 unspecified atom stereocenters. The second-order valence-electron chi connectivity index (χ2n) is 5.20. The second kappa shape index (κ2) is 6.06. The van der Waals surface area contributed by atoms with Crippen molar-refractivity contribution in [2.45, 2.75) is 31.8 Å². The first-order valence-electron chi connectivity index (χ1n) is 7.17. The van der Waals surface area contributed by atoms with Crippen molar-refractivity contribution in [1.29, 1.82) is 0 Å². The summed E-state index contributed by atoms with van der Waals surface area (Å²) in [4.78, 5) is 4.24. The normalized spacial score (nSPS) is 17.6. The lowest BCUT2D eigenvalue weighted by Gasteiger charge is -2.26. The fourth-order valence-electron chi connectivity index (χ4n) is 2.94. The molecule has 1 aromatic carbocycles. The first-order chi connectivity index (χ1) is 9.88. The molecule has 1 atom stereocenters. The number of hydrogen-bond donors (Lipinski definition) is 1. The number of nitrogens with one attached hydrogen (secondary N) is 1. The van der Waals surface area contributed by atoms with Gasteiger partial charge >= 0.3 is 0 Å². The van der Waals surface area contributed by atoms with Crippen LogP contribution in [0.1, 0.15) is 35.6 Å². The Balaban J connectivity index is 1.73. The van der Waals surface area contributed by atoms with E-state index in [1.165, 1.54) is 30.4 Å². The van der Waals surface area contributed by atoms with Crippen molar-refractivity contribution >= 4 is 0 Å². The van der Waals surface area contributed by atoms with E-state index in [4.69, 9.17) is 4.74 Å². The van der Waals surface area contributed by atoms with Crippen molar-refractivity contribution in [1.82, 2.24) is 10.3 Å². The van der Waals surface area contributed by atoms with Crippen molar-refractivity contribution in [2.24, 2.45) is 0 Å². The van der Waals surface area contributed by atoms with Crippen LogP contribution in [0.15, 0.2) is 42.6 Å². The summed E-state index contributed by atoms with van der Waals surface area (Å²) in [5, 5.41) is 3.65. The Morgan fingerprint density at radius 1 is 1.25 bits per heavy atom. The van der Waals surface area contributed by atoms with Crippen molar-refractivity contribution < 1.29 is 4.74 Å². The number of hydrogen-bond acceptors (Lipinski definition) is 3. The van der Waals surface area contributed by atoms with Crippen LogP contribution in [0.4, 0.5) is 0 Å². The summed E-state index contributed by atoms with van der Waals surface area (Å²) in [5.41, 5.74) is 4.04. The van der Waals surface area contributed by atoms with Gasteiger partial charge in [0.1, 0.15) is 0 Å². The third kappa shape index (κ3) is 2.68. The predicted octanol–water partition coefficient (Wildman–Crippen LogP) is 3.26. The zero-order valence-electron chi connectivity index (χ0n) is 11.8. The highest BCUT2D eigenvalue weighted by molar-refractivity contribution is 5.32. The average molecular weight is 268 g/mol. The molecule has 20 heavy (non-hydrogen) atoms.